The van der Waals surface area contributed by atoms with Gasteiger partial charge in [-0.25, -0.2) is 0 Å². The molecule has 5 nitrogen and oxygen atoms in total. The lowest BCUT2D eigenvalue weighted by Gasteiger charge is -2.12. The van der Waals surface area contributed by atoms with Crippen molar-refractivity contribution in [3.63, 3.8) is 0 Å². The number of nitroso groups, excluding NO2 is 1. The molecule has 0 fully saturated rings. The Morgan fingerprint density at radius 2 is 1.55 bits per heavy atom. The van der Waals surface area contributed by atoms with Gasteiger partial charge in [0, 0.05) is 6.07 Å². The van der Waals surface area contributed by atoms with Gasteiger partial charge in [0.15, 0.2) is 0 Å². The lowest BCUT2D eigenvalue weighted by Crippen LogP contribution is -1.92. The number of ether oxygens (including phenoxy) is 3. The van der Waals surface area contributed by atoms with Crippen LogP contribution in [0.25, 0.3) is 5.57 Å². The first-order chi connectivity index (χ1) is 10.6. The topological polar surface area (TPSA) is 57.1 Å². The van der Waals surface area contributed by atoms with E-state index in [0.717, 1.165) is 16.7 Å². The highest BCUT2D eigenvalue weighted by Gasteiger charge is 2.10. The highest BCUT2D eigenvalue weighted by molar-refractivity contribution is 5.81. The second-order valence-corrected chi connectivity index (χ2v) is 4.56. The van der Waals surface area contributed by atoms with Gasteiger partial charge in [0.25, 0.3) is 0 Å². The first-order valence-corrected chi connectivity index (χ1v) is 6.57. The van der Waals surface area contributed by atoms with Crippen molar-refractivity contribution in [1.29, 1.82) is 0 Å². The smallest absolute Gasteiger partial charge is 0.150 e. The number of nitrogens with zero attached hydrogens (tertiary/aromatic N) is 1. The van der Waals surface area contributed by atoms with E-state index in [9.17, 15) is 4.91 Å². The summed E-state index contributed by atoms with van der Waals surface area (Å²) in [6.07, 6.45) is 0. The number of methoxy groups -OCH3 is 3. The van der Waals surface area contributed by atoms with Gasteiger partial charge in [-0.05, 0) is 46.1 Å². The standard InChI is InChI=1S/C17H17NO4/c1-11(12-5-6-17(22-4)16(9-12)18-19)13-7-14(20-2)10-15(8-13)21-3/h5-10H,1H2,2-4H3. The summed E-state index contributed by atoms with van der Waals surface area (Å²) in [5, 5.41) is 2.98. The molecular formula is C17H17NO4. The van der Waals surface area contributed by atoms with E-state index in [1.807, 2.05) is 18.2 Å². The molecule has 0 saturated carbocycles. The van der Waals surface area contributed by atoms with Gasteiger partial charge in [-0.15, -0.1) is 4.91 Å². The Kier molecular flexibility index (Phi) is 4.78. The molecule has 0 aromatic heterocycles. The average Bonchev–Trinajstić information content (AvgIpc) is 2.59. The number of rotatable bonds is 6. The third kappa shape index (κ3) is 3.09. The third-order valence-electron chi connectivity index (χ3n) is 3.33. The molecular weight excluding hydrogens is 282 g/mol. The Labute approximate surface area is 129 Å². The van der Waals surface area contributed by atoms with Gasteiger partial charge < -0.3 is 14.2 Å². The molecule has 0 aliphatic rings. The van der Waals surface area contributed by atoms with Crippen molar-refractivity contribution in [1.82, 2.24) is 0 Å². The lowest BCUT2D eigenvalue weighted by molar-refractivity contribution is 0.394. The fourth-order valence-corrected chi connectivity index (χ4v) is 2.10. The fourth-order valence-electron chi connectivity index (χ4n) is 2.10. The second-order valence-electron chi connectivity index (χ2n) is 4.56. The van der Waals surface area contributed by atoms with Crippen molar-refractivity contribution in [3.8, 4) is 17.2 Å². The molecule has 2 aromatic carbocycles. The Morgan fingerprint density at radius 1 is 0.909 bits per heavy atom. The summed E-state index contributed by atoms with van der Waals surface area (Å²) in [5.74, 6) is 1.75. The lowest BCUT2D eigenvalue weighted by atomic mass is 9.98. The molecule has 2 aromatic rings. The van der Waals surface area contributed by atoms with Crippen molar-refractivity contribution < 1.29 is 14.2 Å². The van der Waals surface area contributed by atoms with Crippen molar-refractivity contribution in [2.24, 2.45) is 5.18 Å². The van der Waals surface area contributed by atoms with Crippen LogP contribution in [0.3, 0.4) is 0 Å². The molecule has 0 atom stereocenters. The predicted octanol–water partition coefficient (Wildman–Crippen LogP) is 4.17. The number of hydrogen-bond acceptors (Lipinski definition) is 5. The Hall–Kier alpha value is -2.82. The molecule has 0 radical (unpaired) electrons. The van der Waals surface area contributed by atoms with Crippen LogP contribution in [0.2, 0.25) is 0 Å². The van der Waals surface area contributed by atoms with E-state index in [2.05, 4.69) is 11.8 Å². The molecule has 0 bridgehead atoms. The number of benzene rings is 2. The minimum absolute atomic E-state index is 0.232. The van der Waals surface area contributed by atoms with E-state index in [1.165, 1.54) is 7.11 Å². The van der Waals surface area contributed by atoms with E-state index >= 15 is 0 Å². The van der Waals surface area contributed by atoms with E-state index in [-0.39, 0.29) is 5.69 Å². The second kappa shape index (κ2) is 6.76. The van der Waals surface area contributed by atoms with Crippen molar-refractivity contribution in [2.75, 3.05) is 21.3 Å². The zero-order chi connectivity index (χ0) is 16.1. The highest BCUT2D eigenvalue weighted by Crippen LogP contribution is 2.34. The Morgan fingerprint density at radius 3 is 2.05 bits per heavy atom. The summed E-state index contributed by atoms with van der Waals surface area (Å²) in [6, 6.07) is 10.6. The maximum absolute atomic E-state index is 10.9. The SMILES string of the molecule is C=C(c1cc(OC)cc(OC)c1)c1ccc(OC)c(N=O)c1. The molecule has 0 saturated heterocycles. The maximum Gasteiger partial charge on any atom is 0.150 e. The molecule has 2 rings (SSSR count). The van der Waals surface area contributed by atoms with Crippen molar-refractivity contribution in [3.05, 3.63) is 59.0 Å². The van der Waals surface area contributed by atoms with E-state index in [4.69, 9.17) is 14.2 Å². The summed E-state index contributed by atoms with van der Waals surface area (Å²) in [4.78, 5) is 10.9. The normalized spacial score (nSPS) is 9.95. The summed E-state index contributed by atoms with van der Waals surface area (Å²) < 4.78 is 15.6. The first kappa shape index (κ1) is 15.6. The van der Waals surface area contributed by atoms with Gasteiger partial charge in [0.1, 0.15) is 22.9 Å². The molecule has 5 heteroatoms. The highest BCUT2D eigenvalue weighted by atomic mass is 16.5. The zero-order valence-electron chi connectivity index (χ0n) is 12.8. The quantitative estimate of drug-likeness (QED) is 0.751. The van der Waals surface area contributed by atoms with Gasteiger partial charge in [0.2, 0.25) is 0 Å². The fraction of sp³-hybridized carbons (Fsp3) is 0.176. The zero-order valence-corrected chi connectivity index (χ0v) is 12.8. The van der Waals surface area contributed by atoms with Crippen LogP contribution in [0.15, 0.2) is 48.2 Å². The first-order valence-electron chi connectivity index (χ1n) is 6.57. The summed E-state index contributed by atoms with van der Waals surface area (Å²) in [7, 11) is 4.66. The monoisotopic (exact) mass is 299 g/mol. The van der Waals surface area contributed by atoms with Gasteiger partial charge in [-0.3, -0.25) is 0 Å². The largest absolute Gasteiger partial charge is 0.497 e. The molecule has 0 aliphatic heterocycles. The van der Waals surface area contributed by atoms with Crippen molar-refractivity contribution >= 4 is 11.3 Å². The van der Waals surface area contributed by atoms with Crippen molar-refractivity contribution in [2.45, 2.75) is 0 Å². The predicted molar refractivity (Wildman–Crippen MR) is 86.1 cm³/mol. The molecule has 0 amide bonds. The summed E-state index contributed by atoms with van der Waals surface area (Å²) in [5.41, 5.74) is 2.56. The average molecular weight is 299 g/mol. The van der Waals surface area contributed by atoms with Gasteiger partial charge >= 0.3 is 0 Å². The van der Waals surface area contributed by atoms with Crippen LogP contribution in [0, 0.1) is 4.91 Å². The molecule has 114 valence electrons. The summed E-state index contributed by atoms with van der Waals surface area (Å²) in [6.45, 7) is 4.08. The molecule has 0 heterocycles. The molecule has 0 spiro atoms. The van der Waals surface area contributed by atoms with Crippen LogP contribution >= 0.6 is 0 Å². The Balaban J connectivity index is 2.45. The van der Waals surface area contributed by atoms with Crippen LogP contribution in [0.1, 0.15) is 11.1 Å². The molecule has 22 heavy (non-hydrogen) atoms. The van der Waals surface area contributed by atoms with Gasteiger partial charge in [-0.2, -0.15) is 0 Å². The molecule has 0 N–H and O–H groups in total. The van der Waals surface area contributed by atoms with E-state index in [0.29, 0.717) is 17.2 Å². The maximum atomic E-state index is 10.9. The van der Waals surface area contributed by atoms with Crippen LogP contribution in [-0.4, -0.2) is 21.3 Å². The Bertz CT molecular complexity index is 688. The van der Waals surface area contributed by atoms with Gasteiger partial charge in [-0.1, -0.05) is 12.6 Å². The van der Waals surface area contributed by atoms with E-state index < -0.39 is 0 Å². The minimum Gasteiger partial charge on any atom is -0.497 e. The minimum atomic E-state index is 0.232. The van der Waals surface area contributed by atoms with Gasteiger partial charge in [0.05, 0.1) is 21.3 Å². The van der Waals surface area contributed by atoms with Crippen LogP contribution in [0.5, 0.6) is 17.2 Å². The molecule has 0 aliphatic carbocycles. The van der Waals surface area contributed by atoms with Crippen LogP contribution < -0.4 is 14.2 Å². The third-order valence-corrected chi connectivity index (χ3v) is 3.33. The number of hydrogen-bond donors (Lipinski definition) is 0. The van der Waals surface area contributed by atoms with E-state index in [1.54, 1.807) is 32.4 Å². The van der Waals surface area contributed by atoms with Crippen LogP contribution in [0.4, 0.5) is 5.69 Å². The molecule has 0 unspecified atom stereocenters. The summed E-state index contributed by atoms with van der Waals surface area (Å²) >= 11 is 0. The van der Waals surface area contributed by atoms with Crippen LogP contribution in [-0.2, 0) is 0 Å².